The number of hydrogen-bond acceptors (Lipinski definition) is 9. The summed E-state index contributed by atoms with van der Waals surface area (Å²) in [6.07, 6.45) is 1.50. The molecule has 0 spiro atoms. The lowest BCUT2D eigenvalue weighted by atomic mass is 9.82. The van der Waals surface area contributed by atoms with E-state index in [2.05, 4.69) is 4.98 Å². The lowest BCUT2D eigenvalue weighted by Gasteiger charge is -2.44. The number of likely N-dealkylation sites (N-methyl/N-ethyl adjacent to an activating group) is 1. The Kier molecular flexibility index (Phi) is 7.11. The summed E-state index contributed by atoms with van der Waals surface area (Å²) < 4.78 is 45.6. The Bertz CT molecular complexity index is 1620. The molecule has 1 unspecified atom stereocenters. The number of aromatic nitrogens is 1. The van der Waals surface area contributed by atoms with Crippen LogP contribution in [0.5, 0.6) is 17.4 Å². The van der Waals surface area contributed by atoms with Gasteiger partial charge in [0.15, 0.2) is 5.54 Å². The Morgan fingerprint density at radius 2 is 1.73 bits per heavy atom. The van der Waals surface area contributed by atoms with E-state index in [9.17, 15) is 18.0 Å². The van der Waals surface area contributed by atoms with Crippen LogP contribution in [0.15, 0.2) is 59.6 Å². The average Bonchev–Trinajstić information content (AvgIpc) is 3.22. The van der Waals surface area contributed by atoms with Crippen LogP contribution >= 0.6 is 11.6 Å². The monoisotopic (exact) mass is 586 g/mol. The highest BCUT2D eigenvalue weighted by molar-refractivity contribution is 7.93. The predicted octanol–water partition coefficient (Wildman–Crippen LogP) is 2.51. The lowest BCUT2D eigenvalue weighted by Crippen LogP contribution is -2.61. The van der Waals surface area contributed by atoms with Gasteiger partial charge in [0, 0.05) is 48.5 Å². The Hall–Kier alpha value is -3.87. The van der Waals surface area contributed by atoms with Crippen LogP contribution in [-0.2, 0) is 25.2 Å². The number of ether oxygens (including phenoxy) is 3. The number of halogens is 1. The van der Waals surface area contributed by atoms with E-state index in [1.54, 1.807) is 35.0 Å². The van der Waals surface area contributed by atoms with Crippen molar-refractivity contribution in [2.24, 2.45) is 0 Å². The number of sulfonamides is 1. The molecule has 5 rings (SSSR count). The summed E-state index contributed by atoms with van der Waals surface area (Å²) in [6, 6.07) is 12.0. The van der Waals surface area contributed by atoms with E-state index in [1.165, 1.54) is 57.9 Å². The smallest absolute Gasteiger partial charge is 0.274 e. The third-order valence-corrected chi connectivity index (χ3v) is 9.21. The number of hydrogen-bond donors (Lipinski definition) is 0. The Balaban J connectivity index is 1.82. The van der Waals surface area contributed by atoms with Crippen LogP contribution in [0.4, 0.5) is 5.69 Å². The molecule has 0 radical (unpaired) electrons. The predicted molar refractivity (Wildman–Crippen MR) is 146 cm³/mol. The van der Waals surface area contributed by atoms with E-state index in [-0.39, 0.29) is 57.4 Å². The maximum atomic E-state index is 14.9. The Morgan fingerprint density at radius 3 is 2.40 bits per heavy atom. The molecule has 210 valence electrons. The van der Waals surface area contributed by atoms with Gasteiger partial charge in [-0.2, -0.15) is 0 Å². The SMILES string of the molecule is COc1ccc(S(=O)(=O)N2C(=O)C(c3cccnc3OC)(N3CCN(C)C(=O)C3)c3cc(Cl)ccc32)c(OC)c1. The van der Waals surface area contributed by atoms with Crippen molar-refractivity contribution < 1.29 is 32.2 Å². The van der Waals surface area contributed by atoms with Crippen molar-refractivity contribution in [1.82, 2.24) is 14.8 Å². The zero-order valence-electron chi connectivity index (χ0n) is 22.3. The molecule has 3 aromatic rings. The summed E-state index contributed by atoms with van der Waals surface area (Å²) in [5, 5.41) is 0.278. The number of fused-ring (bicyclic) bond motifs is 1. The van der Waals surface area contributed by atoms with E-state index in [1.807, 2.05) is 0 Å². The van der Waals surface area contributed by atoms with Gasteiger partial charge in [0.2, 0.25) is 11.8 Å². The van der Waals surface area contributed by atoms with Gasteiger partial charge in [0.05, 0.1) is 33.6 Å². The van der Waals surface area contributed by atoms with Crippen LogP contribution in [0.2, 0.25) is 5.02 Å². The van der Waals surface area contributed by atoms with Crippen LogP contribution in [0, 0.1) is 0 Å². The highest BCUT2D eigenvalue weighted by atomic mass is 35.5. The fourth-order valence-electron chi connectivity index (χ4n) is 5.28. The first kappa shape index (κ1) is 27.7. The number of pyridine rings is 1. The first-order chi connectivity index (χ1) is 19.1. The van der Waals surface area contributed by atoms with E-state index < -0.39 is 21.5 Å². The molecule has 1 saturated heterocycles. The minimum Gasteiger partial charge on any atom is -0.497 e. The molecule has 2 amide bonds. The van der Waals surface area contributed by atoms with Crippen molar-refractivity contribution in [1.29, 1.82) is 0 Å². The molecule has 40 heavy (non-hydrogen) atoms. The molecule has 1 fully saturated rings. The minimum atomic E-state index is -4.57. The topological polar surface area (TPSA) is 119 Å². The minimum absolute atomic E-state index is 0.00565. The molecule has 13 heteroatoms. The molecule has 2 aromatic carbocycles. The maximum absolute atomic E-state index is 14.9. The van der Waals surface area contributed by atoms with Gasteiger partial charge in [-0.15, -0.1) is 0 Å². The normalized spacial score (nSPS) is 19.5. The number of nitrogens with zero attached hydrogens (tertiary/aromatic N) is 4. The zero-order chi connectivity index (χ0) is 28.8. The van der Waals surface area contributed by atoms with Gasteiger partial charge in [-0.25, -0.2) is 17.7 Å². The van der Waals surface area contributed by atoms with Crippen molar-refractivity contribution in [3.05, 3.63) is 70.9 Å². The second kappa shape index (κ2) is 10.3. The van der Waals surface area contributed by atoms with Crippen molar-refractivity contribution in [3.63, 3.8) is 0 Å². The third-order valence-electron chi connectivity index (χ3n) is 7.24. The number of rotatable bonds is 7. The molecule has 1 aromatic heterocycles. The highest BCUT2D eigenvalue weighted by Gasteiger charge is 2.61. The van der Waals surface area contributed by atoms with Gasteiger partial charge in [-0.1, -0.05) is 11.6 Å². The number of carbonyl (C=O) groups excluding carboxylic acids is 2. The standard InChI is InChI=1S/C27H27ClN4O7S/c1-30-12-13-31(16-24(30)33)27(19-6-5-11-29-25(19)39-4)20-14-17(28)7-9-21(20)32(26(27)34)40(35,36)23-10-8-18(37-2)15-22(23)38-3/h5-11,14-15H,12-13,16H2,1-4H3. The molecule has 2 aliphatic heterocycles. The maximum Gasteiger partial charge on any atom is 0.274 e. The molecular weight excluding hydrogens is 560 g/mol. The van der Waals surface area contributed by atoms with E-state index >= 15 is 0 Å². The fourth-order valence-corrected chi connectivity index (χ4v) is 7.06. The van der Waals surface area contributed by atoms with Gasteiger partial charge >= 0.3 is 0 Å². The van der Waals surface area contributed by atoms with Crippen molar-refractivity contribution in [2.45, 2.75) is 10.4 Å². The zero-order valence-corrected chi connectivity index (χ0v) is 23.8. The molecule has 0 bridgehead atoms. The summed E-state index contributed by atoms with van der Waals surface area (Å²) in [5.41, 5.74) is -1.15. The summed E-state index contributed by atoms with van der Waals surface area (Å²) >= 11 is 6.46. The lowest BCUT2D eigenvalue weighted by molar-refractivity contribution is -0.140. The number of piperazine rings is 1. The largest absolute Gasteiger partial charge is 0.497 e. The van der Waals surface area contributed by atoms with Crippen LogP contribution in [0.3, 0.4) is 0 Å². The first-order valence-electron chi connectivity index (χ1n) is 12.2. The molecule has 2 aliphatic rings. The summed E-state index contributed by atoms with van der Waals surface area (Å²) in [5.74, 6) is -0.585. The van der Waals surface area contributed by atoms with Crippen LogP contribution in [0.1, 0.15) is 11.1 Å². The van der Waals surface area contributed by atoms with Crippen molar-refractivity contribution in [3.8, 4) is 17.4 Å². The summed E-state index contributed by atoms with van der Waals surface area (Å²) in [6.45, 7) is 0.412. The second-order valence-electron chi connectivity index (χ2n) is 9.26. The molecule has 3 heterocycles. The van der Waals surface area contributed by atoms with Crippen molar-refractivity contribution in [2.75, 3.05) is 52.3 Å². The number of anilines is 1. The number of carbonyl (C=O) groups is 2. The van der Waals surface area contributed by atoms with Gasteiger partial charge in [0.1, 0.15) is 16.4 Å². The van der Waals surface area contributed by atoms with Crippen LogP contribution < -0.4 is 18.5 Å². The van der Waals surface area contributed by atoms with Crippen molar-refractivity contribution >= 4 is 39.1 Å². The number of amides is 2. The van der Waals surface area contributed by atoms with Gasteiger partial charge in [0.25, 0.3) is 15.9 Å². The van der Waals surface area contributed by atoms with E-state index in [0.29, 0.717) is 12.3 Å². The Morgan fingerprint density at radius 1 is 0.950 bits per heavy atom. The second-order valence-corrected chi connectivity index (χ2v) is 11.5. The Labute approximate surface area is 236 Å². The van der Waals surface area contributed by atoms with E-state index in [4.69, 9.17) is 25.8 Å². The van der Waals surface area contributed by atoms with Crippen LogP contribution in [0.25, 0.3) is 0 Å². The molecule has 0 N–H and O–H groups in total. The molecule has 11 nitrogen and oxygen atoms in total. The van der Waals surface area contributed by atoms with Gasteiger partial charge in [-0.05, 0) is 42.5 Å². The first-order valence-corrected chi connectivity index (χ1v) is 14.0. The molecular formula is C27H27ClN4O7S. The number of benzene rings is 2. The third kappa shape index (κ3) is 4.05. The number of methoxy groups -OCH3 is 3. The van der Waals surface area contributed by atoms with Gasteiger partial charge < -0.3 is 19.1 Å². The summed E-state index contributed by atoms with van der Waals surface area (Å²) in [7, 11) is 1.28. The molecule has 0 saturated carbocycles. The quantitative estimate of drug-likeness (QED) is 0.411. The molecule has 0 aliphatic carbocycles. The van der Waals surface area contributed by atoms with E-state index in [0.717, 1.165) is 4.31 Å². The average molecular weight is 587 g/mol. The van der Waals surface area contributed by atoms with Crippen LogP contribution in [-0.4, -0.2) is 83.0 Å². The highest BCUT2D eigenvalue weighted by Crippen LogP contribution is 2.53. The van der Waals surface area contributed by atoms with Gasteiger partial charge in [-0.3, -0.25) is 14.5 Å². The molecule has 1 atom stereocenters. The fraction of sp³-hybridized carbons (Fsp3) is 0.296. The summed E-state index contributed by atoms with van der Waals surface area (Å²) in [4.78, 5) is 35.1.